The molecule has 1 N–H and O–H groups in total. The molecule has 0 bridgehead atoms. The van der Waals surface area contributed by atoms with Gasteiger partial charge < -0.3 is 4.98 Å². The van der Waals surface area contributed by atoms with E-state index in [2.05, 4.69) is 47.4 Å². The number of nitrogens with one attached hydrogen (secondary N) is 1. The highest BCUT2D eigenvalue weighted by molar-refractivity contribution is 6.31. The van der Waals surface area contributed by atoms with Gasteiger partial charge in [0, 0.05) is 17.4 Å². The second-order valence-electron chi connectivity index (χ2n) is 7.40. The molecule has 0 fully saturated rings. The molecule has 0 unspecified atom stereocenters. The van der Waals surface area contributed by atoms with Gasteiger partial charge in [0.15, 0.2) is 0 Å². The third kappa shape index (κ3) is 3.10. The van der Waals surface area contributed by atoms with Gasteiger partial charge >= 0.3 is 0 Å². The van der Waals surface area contributed by atoms with Crippen LogP contribution in [0.25, 0.3) is 21.7 Å². The summed E-state index contributed by atoms with van der Waals surface area (Å²) in [5.74, 6) is -0.365. The summed E-state index contributed by atoms with van der Waals surface area (Å²) in [6.45, 7) is 0.748. The Hall–Kier alpha value is -2.65. The predicted octanol–water partition coefficient (Wildman–Crippen LogP) is 6.48. The number of benzene rings is 3. The van der Waals surface area contributed by atoms with Crippen LogP contribution in [0, 0.1) is 5.82 Å². The standard InChI is InChI=1S/C24H20ClFN2/c25-20-14-23-19(13-21(20)26)18-6-3-7-22(24(18)28-23)27-11-10-15-8-9-16-4-1-2-5-17(16)12-15/h1-2,4-5,8-9,12-14,28H,3,6-7,10-11H2. The summed E-state index contributed by atoms with van der Waals surface area (Å²) in [5.41, 5.74) is 5.50. The Kier molecular flexibility index (Phi) is 4.40. The molecule has 1 aliphatic carbocycles. The lowest BCUT2D eigenvalue weighted by atomic mass is 9.94. The maximum atomic E-state index is 13.9. The van der Waals surface area contributed by atoms with Gasteiger partial charge in [-0.3, -0.25) is 4.99 Å². The Morgan fingerprint density at radius 2 is 1.86 bits per heavy atom. The normalized spacial score (nSPS) is 15.4. The van der Waals surface area contributed by atoms with Gasteiger partial charge in [-0.2, -0.15) is 0 Å². The van der Waals surface area contributed by atoms with E-state index in [-0.39, 0.29) is 10.8 Å². The molecule has 140 valence electrons. The maximum absolute atomic E-state index is 13.9. The molecule has 2 nitrogen and oxygen atoms in total. The van der Waals surface area contributed by atoms with E-state index in [4.69, 9.17) is 16.6 Å². The summed E-state index contributed by atoms with van der Waals surface area (Å²) in [4.78, 5) is 8.32. The fourth-order valence-electron chi connectivity index (χ4n) is 4.18. The Labute approximate surface area is 168 Å². The summed E-state index contributed by atoms with van der Waals surface area (Å²) in [6, 6.07) is 18.2. The molecule has 1 heterocycles. The summed E-state index contributed by atoms with van der Waals surface area (Å²) < 4.78 is 13.9. The molecule has 4 heteroatoms. The van der Waals surface area contributed by atoms with Gasteiger partial charge in [0.2, 0.25) is 0 Å². The SMILES string of the molecule is Fc1cc2c3c([nH]c2cc1Cl)C(=NCCc1ccc2ccccc2c1)CCC3. The quantitative estimate of drug-likeness (QED) is 0.414. The number of aryl methyl sites for hydroxylation is 1. The van der Waals surface area contributed by atoms with Crippen molar-refractivity contribution >= 4 is 39.0 Å². The first-order valence-corrected chi connectivity index (χ1v) is 10.1. The summed E-state index contributed by atoms with van der Waals surface area (Å²) >= 11 is 5.96. The molecule has 28 heavy (non-hydrogen) atoms. The lowest BCUT2D eigenvalue weighted by molar-refractivity contribution is 0.630. The largest absolute Gasteiger partial charge is 0.353 e. The summed E-state index contributed by atoms with van der Waals surface area (Å²) in [7, 11) is 0. The second-order valence-corrected chi connectivity index (χ2v) is 7.81. The van der Waals surface area contributed by atoms with Gasteiger partial charge in [0.25, 0.3) is 0 Å². The minimum Gasteiger partial charge on any atom is -0.353 e. The molecule has 3 aromatic carbocycles. The Balaban J connectivity index is 1.41. The number of hydrogen-bond acceptors (Lipinski definition) is 1. The van der Waals surface area contributed by atoms with Crippen molar-refractivity contribution in [1.29, 1.82) is 0 Å². The molecule has 0 aliphatic heterocycles. The molecule has 0 spiro atoms. The first-order valence-electron chi connectivity index (χ1n) is 9.70. The zero-order valence-corrected chi connectivity index (χ0v) is 16.2. The van der Waals surface area contributed by atoms with Crippen molar-refractivity contribution in [2.75, 3.05) is 6.54 Å². The van der Waals surface area contributed by atoms with E-state index in [0.717, 1.165) is 54.5 Å². The fourth-order valence-corrected chi connectivity index (χ4v) is 4.34. The van der Waals surface area contributed by atoms with Crippen molar-refractivity contribution < 1.29 is 4.39 Å². The highest BCUT2D eigenvalue weighted by Gasteiger charge is 2.21. The third-order valence-corrected chi connectivity index (χ3v) is 5.88. The molecule has 1 aromatic heterocycles. The highest BCUT2D eigenvalue weighted by Crippen LogP contribution is 2.32. The van der Waals surface area contributed by atoms with E-state index in [1.54, 1.807) is 12.1 Å². The smallest absolute Gasteiger partial charge is 0.142 e. The topological polar surface area (TPSA) is 28.1 Å². The lowest BCUT2D eigenvalue weighted by Gasteiger charge is -2.14. The Morgan fingerprint density at radius 3 is 2.75 bits per heavy atom. The molecule has 5 rings (SSSR count). The molecule has 0 saturated carbocycles. The summed E-state index contributed by atoms with van der Waals surface area (Å²) in [5, 5.41) is 3.61. The zero-order chi connectivity index (χ0) is 19.1. The Morgan fingerprint density at radius 1 is 1.00 bits per heavy atom. The van der Waals surface area contributed by atoms with Crippen LogP contribution in [0.5, 0.6) is 0 Å². The van der Waals surface area contributed by atoms with Gasteiger partial charge in [-0.1, -0.05) is 54.1 Å². The third-order valence-electron chi connectivity index (χ3n) is 5.59. The van der Waals surface area contributed by atoms with E-state index in [9.17, 15) is 4.39 Å². The van der Waals surface area contributed by atoms with Gasteiger partial charge in [-0.25, -0.2) is 4.39 Å². The summed E-state index contributed by atoms with van der Waals surface area (Å²) in [6.07, 6.45) is 3.84. The maximum Gasteiger partial charge on any atom is 0.142 e. The number of aliphatic imine (C=N–C) groups is 1. The fraction of sp³-hybridized carbons (Fsp3) is 0.208. The average molecular weight is 391 g/mol. The molecular formula is C24H20ClFN2. The van der Waals surface area contributed by atoms with E-state index in [1.165, 1.54) is 21.9 Å². The van der Waals surface area contributed by atoms with Crippen LogP contribution in [0.3, 0.4) is 0 Å². The van der Waals surface area contributed by atoms with E-state index < -0.39 is 0 Å². The van der Waals surface area contributed by atoms with Crippen molar-refractivity contribution in [2.45, 2.75) is 25.7 Å². The van der Waals surface area contributed by atoms with Crippen molar-refractivity contribution in [1.82, 2.24) is 4.98 Å². The van der Waals surface area contributed by atoms with Crippen molar-refractivity contribution in [2.24, 2.45) is 4.99 Å². The van der Waals surface area contributed by atoms with Crippen molar-refractivity contribution in [3.8, 4) is 0 Å². The van der Waals surface area contributed by atoms with Gasteiger partial charge in [-0.15, -0.1) is 0 Å². The van der Waals surface area contributed by atoms with Crippen LogP contribution < -0.4 is 0 Å². The monoisotopic (exact) mass is 390 g/mol. The number of aromatic nitrogens is 1. The first kappa shape index (κ1) is 17.4. The number of halogens is 2. The molecular weight excluding hydrogens is 371 g/mol. The van der Waals surface area contributed by atoms with Gasteiger partial charge in [0.05, 0.1) is 16.4 Å². The molecule has 0 saturated heterocycles. The second kappa shape index (κ2) is 7.06. The highest BCUT2D eigenvalue weighted by atomic mass is 35.5. The number of H-pyrrole nitrogens is 1. The molecule has 0 amide bonds. The van der Waals surface area contributed by atoms with Crippen LogP contribution in [0.2, 0.25) is 5.02 Å². The number of fused-ring (bicyclic) bond motifs is 4. The van der Waals surface area contributed by atoms with E-state index >= 15 is 0 Å². The number of nitrogens with zero attached hydrogens (tertiary/aromatic N) is 1. The minimum absolute atomic E-state index is 0.154. The molecule has 0 radical (unpaired) electrons. The number of rotatable bonds is 3. The van der Waals surface area contributed by atoms with Crippen molar-refractivity contribution in [3.05, 3.63) is 82.3 Å². The molecule has 0 atom stereocenters. The zero-order valence-electron chi connectivity index (χ0n) is 15.4. The van der Waals surface area contributed by atoms with Crippen LogP contribution in [-0.2, 0) is 12.8 Å². The van der Waals surface area contributed by atoms with E-state index in [1.807, 2.05) is 0 Å². The van der Waals surface area contributed by atoms with Crippen LogP contribution in [0.15, 0.2) is 59.6 Å². The molecule has 4 aromatic rings. The molecule has 1 aliphatic rings. The minimum atomic E-state index is -0.365. The number of hydrogen-bond donors (Lipinski definition) is 1. The predicted molar refractivity (Wildman–Crippen MR) is 115 cm³/mol. The van der Waals surface area contributed by atoms with Crippen LogP contribution >= 0.6 is 11.6 Å². The van der Waals surface area contributed by atoms with E-state index in [0.29, 0.717) is 0 Å². The lowest BCUT2D eigenvalue weighted by Crippen LogP contribution is -2.12. The van der Waals surface area contributed by atoms with Gasteiger partial charge in [-0.05, 0) is 59.7 Å². The average Bonchev–Trinajstić information content (AvgIpc) is 3.06. The number of aromatic amines is 1. The van der Waals surface area contributed by atoms with Crippen LogP contribution in [-0.4, -0.2) is 17.2 Å². The van der Waals surface area contributed by atoms with Crippen molar-refractivity contribution in [3.63, 3.8) is 0 Å². The Bertz CT molecular complexity index is 1220. The first-order chi connectivity index (χ1) is 13.7. The van der Waals surface area contributed by atoms with Gasteiger partial charge in [0.1, 0.15) is 5.82 Å². The van der Waals surface area contributed by atoms with Crippen LogP contribution in [0.1, 0.15) is 29.7 Å². The van der Waals surface area contributed by atoms with Crippen LogP contribution in [0.4, 0.5) is 4.39 Å².